The number of benzene rings is 2. The van der Waals surface area contributed by atoms with E-state index in [0.29, 0.717) is 22.4 Å². The first-order valence-corrected chi connectivity index (χ1v) is 7.71. The van der Waals surface area contributed by atoms with Gasteiger partial charge in [0.1, 0.15) is 5.75 Å². The largest absolute Gasteiger partial charge is 0.497 e. The molecule has 0 aliphatic rings. The molecule has 0 fully saturated rings. The molecule has 1 heterocycles. The highest BCUT2D eigenvalue weighted by Gasteiger charge is 2.09. The van der Waals surface area contributed by atoms with Gasteiger partial charge in [-0.15, -0.1) is 10.2 Å². The Morgan fingerprint density at radius 1 is 1.12 bits per heavy atom. The second-order valence-corrected chi connectivity index (χ2v) is 5.42. The van der Waals surface area contributed by atoms with E-state index >= 15 is 0 Å². The molecule has 3 rings (SSSR count). The number of amidine groups is 1. The highest BCUT2D eigenvalue weighted by molar-refractivity contribution is 6.30. The zero-order valence-corrected chi connectivity index (χ0v) is 14.1. The first-order chi connectivity index (χ1) is 12.2. The van der Waals surface area contributed by atoms with Crippen LogP contribution in [0.1, 0.15) is 11.5 Å². The summed E-state index contributed by atoms with van der Waals surface area (Å²) >= 11 is 5.82. The third kappa shape index (κ3) is 4.27. The van der Waals surface area contributed by atoms with E-state index in [4.69, 9.17) is 31.3 Å². The van der Waals surface area contributed by atoms with E-state index in [9.17, 15) is 0 Å². The van der Waals surface area contributed by atoms with Gasteiger partial charge in [-0.1, -0.05) is 16.8 Å². The van der Waals surface area contributed by atoms with Gasteiger partial charge in [-0.3, -0.25) is 0 Å². The molecule has 0 aliphatic carbocycles. The van der Waals surface area contributed by atoms with Gasteiger partial charge >= 0.3 is 0 Å². The fourth-order valence-corrected chi connectivity index (χ4v) is 2.12. The van der Waals surface area contributed by atoms with Gasteiger partial charge < -0.3 is 19.7 Å². The topological polar surface area (TPSA) is 95.8 Å². The molecule has 0 saturated heterocycles. The van der Waals surface area contributed by atoms with Crippen molar-refractivity contribution in [1.29, 1.82) is 0 Å². The molecular weight excluding hydrogens is 344 g/mol. The van der Waals surface area contributed by atoms with Crippen LogP contribution in [0.2, 0.25) is 5.02 Å². The maximum Gasteiger partial charge on any atom is 0.257 e. The Morgan fingerprint density at radius 2 is 1.84 bits per heavy atom. The quantitative estimate of drug-likeness (QED) is 0.413. The number of nitrogens with two attached hydrogens (primary N) is 1. The van der Waals surface area contributed by atoms with Crippen molar-refractivity contribution in [3.8, 4) is 17.2 Å². The number of halogens is 1. The Kier molecular flexibility index (Phi) is 5.15. The molecule has 0 amide bonds. The first kappa shape index (κ1) is 16.8. The van der Waals surface area contributed by atoms with Crippen molar-refractivity contribution in [2.45, 2.75) is 6.61 Å². The molecule has 8 heteroatoms. The third-order valence-corrected chi connectivity index (χ3v) is 3.55. The summed E-state index contributed by atoms with van der Waals surface area (Å²) < 4.78 is 10.6. The molecule has 0 spiro atoms. The minimum Gasteiger partial charge on any atom is -0.497 e. The summed E-state index contributed by atoms with van der Waals surface area (Å²) in [7, 11) is 1.60. The van der Waals surface area contributed by atoms with Crippen molar-refractivity contribution in [3.05, 3.63) is 65.0 Å². The molecule has 0 radical (unpaired) electrons. The molecule has 7 nitrogen and oxygen atoms in total. The van der Waals surface area contributed by atoms with Gasteiger partial charge in [0.15, 0.2) is 12.4 Å². The lowest BCUT2D eigenvalue weighted by Gasteiger charge is -2.01. The van der Waals surface area contributed by atoms with Crippen LogP contribution in [0.5, 0.6) is 5.75 Å². The van der Waals surface area contributed by atoms with E-state index in [0.717, 1.165) is 11.3 Å². The number of methoxy groups -OCH3 is 1. The Hall–Kier alpha value is -3.06. The highest BCUT2D eigenvalue weighted by atomic mass is 35.5. The number of nitrogens with zero attached hydrogens (tertiary/aromatic N) is 3. The molecule has 2 aromatic carbocycles. The summed E-state index contributed by atoms with van der Waals surface area (Å²) in [5.41, 5.74) is 7.32. The Morgan fingerprint density at radius 3 is 2.52 bits per heavy atom. The third-order valence-electron chi connectivity index (χ3n) is 3.29. The van der Waals surface area contributed by atoms with Crippen molar-refractivity contribution in [2.75, 3.05) is 7.11 Å². The van der Waals surface area contributed by atoms with Gasteiger partial charge in [0.25, 0.3) is 5.89 Å². The summed E-state index contributed by atoms with van der Waals surface area (Å²) in [6, 6.07) is 14.2. The van der Waals surface area contributed by atoms with E-state index in [1.54, 1.807) is 31.4 Å². The molecule has 128 valence electrons. The van der Waals surface area contributed by atoms with E-state index < -0.39 is 0 Å². The van der Waals surface area contributed by atoms with Crippen LogP contribution in [-0.2, 0) is 11.4 Å². The minimum absolute atomic E-state index is 0.0114. The van der Waals surface area contributed by atoms with Gasteiger partial charge in [0, 0.05) is 16.1 Å². The summed E-state index contributed by atoms with van der Waals surface area (Å²) in [6.07, 6.45) is 0. The number of oxime groups is 1. The molecule has 0 saturated carbocycles. The van der Waals surface area contributed by atoms with Crippen LogP contribution in [0.25, 0.3) is 11.5 Å². The maximum atomic E-state index is 5.84. The van der Waals surface area contributed by atoms with Gasteiger partial charge in [-0.05, 0) is 48.5 Å². The SMILES string of the molecule is COc1ccc(-c2nnc(CO/N=C(\N)c3ccc(Cl)cc3)o2)cc1. The van der Waals surface area contributed by atoms with Crippen LogP contribution in [-0.4, -0.2) is 23.1 Å². The summed E-state index contributed by atoms with van der Waals surface area (Å²) in [5.74, 6) is 1.65. The predicted octanol–water partition coefficient (Wildman–Crippen LogP) is 3.24. The number of hydrogen-bond acceptors (Lipinski definition) is 6. The number of rotatable bonds is 6. The second kappa shape index (κ2) is 7.67. The van der Waals surface area contributed by atoms with Crippen molar-refractivity contribution in [1.82, 2.24) is 10.2 Å². The monoisotopic (exact) mass is 358 g/mol. The van der Waals surface area contributed by atoms with E-state index in [2.05, 4.69) is 15.4 Å². The first-order valence-electron chi connectivity index (χ1n) is 7.34. The van der Waals surface area contributed by atoms with Crippen LogP contribution in [0.3, 0.4) is 0 Å². The standard InChI is InChI=1S/C17H15ClN4O3/c1-23-14-8-4-12(5-9-14)17-21-20-15(25-17)10-24-22-16(19)11-2-6-13(18)7-3-11/h2-9H,10H2,1H3,(H2,19,22). The van der Waals surface area contributed by atoms with Crippen LogP contribution in [0.15, 0.2) is 58.1 Å². The zero-order chi connectivity index (χ0) is 17.6. The molecule has 2 N–H and O–H groups in total. The van der Waals surface area contributed by atoms with Gasteiger partial charge in [-0.25, -0.2) is 0 Å². The fourth-order valence-electron chi connectivity index (χ4n) is 1.99. The molecule has 0 atom stereocenters. The van der Waals surface area contributed by atoms with Gasteiger partial charge in [0.05, 0.1) is 7.11 Å². The molecule has 25 heavy (non-hydrogen) atoms. The average molecular weight is 359 g/mol. The Bertz CT molecular complexity index is 860. The molecule has 1 aromatic heterocycles. The second-order valence-electron chi connectivity index (χ2n) is 4.99. The molecule has 0 bridgehead atoms. The number of ether oxygens (including phenoxy) is 1. The molecular formula is C17H15ClN4O3. The van der Waals surface area contributed by atoms with Crippen LogP contribution in [0, 0.1) is 0 Å². The number of hydrogen-bond donors (Lipinski definition) is 1. The smallest absolute Gasteiger partial charge is 0.257 e. The predicted molar refractivity (Wildman–Crippen MR) is 93.3 cm³/mol. The fraction of sp³-hybridized carbons (Fsp3) is 0.118. The summed E-state index contributed by atoms with van der Waals surface area (Å²) in [5, 5.41) is 12.3. The normalized spacial score (nSPS) is 11.4. The summed E-state index contributed by atoms with van der Waals surface area (Å²) in [6.45, 7) is 0.0114. The molecule has 0 aliphatic heterocycles. The van der Waals surface area contributed by atoms with Crippen LogP contribution < -0.4 is 10.5 Å². The highest BCUT2D eigenvalue weighted by Crippen LogP contribution is 2.21. The summed E-state index contributed by atoms with van der Waals surface area (Å²) in [4.78, 5) is 5.17. The maximum absolute atomic E-state index is 5.84. The lowest BCUT2D eigenvalue weighted by Crippen LogP contribution is -2.13. The van der Waals surface area contributed by atoms with Crippen molar-refractivity contribution in [2.24, 2.45) is 10.9 Å². The minimum atomic E-state index is 0.0114. The Labute approximate surface area is 149 Å². The lowest BCUT2D eigenvalue weighted by molar-refractivity contribution is 0.111. The molecule has 3 aromatic rings. The van der Waals surface area contributed by atoms with Crippen molar-refractivity contribution in [3.63, 3.8) is 0 Å². The number of aromatic nitrogens is 2. The van der Waals surface area contributed by atoms with Crippen molar-refractivity contribution < 1.29 is 14.0 Å². The zero-order valence-electron chi connectivity index (χ0n) is 13.3. The lowest BCUT2D eigenvalue weighted by atomic mass is 10.2. The van der Waals surface area contributed by atoms with Crippen LogP contribution >= 0.6 is 11.6 Å². The Balaban J connectivity index is 1.61. The molecule has 0 unspecified atom stereocenters. The van der Waals surface area contributed by atoms with E-state index in [1.807, 2.05) is 24.3 Å². The van der Waals surface area contributed by atoms with E-state index in [1.165, 1.54) is 0 Å². The average Bonchev–Trinajstić information content (AvgIpc) is 3.11. The van der Waals surface area contributed by atoms with Gasteiger partial charge in [0.2, 0.25) is 5.89 Å². The van der Waals surface area contributed by atoms with Crippen molar-refractivity contribution >= 4 is 17.4 Å². The van der Waals surface area contributed by atoms with E-state index in [-0.39, 0.29) is 12.4 Å². The van der Waals surface area contributed by atoms with Crippen LogP contribution in [0.4, 0.5) is 0 Å². The van der Waals surface area contributed by atoms with Gasteiger partial charge in [-0.2, -0.15) is 0 Å².